The lowest BCUT2D eigenvalue weighted by molar-refractivity contribution is 0.0925. The van der Waals surface area contributed by atoms with Crippen molar-refractivity contribution in [3.8, 4) is 11.8 Å². The third kappa shape index (κ3) is 3.29. The highest BCUT2D eigenvalue weighted by Crippen LogP contribution is 2.05. The molecule has 1 aliphatic heterocycles. The zero-order valence-corrected chi connectivity index (χ0v) is 9.98. The number of aromatic nitrogens is 1. The van der Waals surface area contributed by atoms with E-state index in [4.69, 9.17) is 10.5 Å². The quantitative estimate of drug-likeness (QED) is 0.714. The van der Waals surface area contributed by atoms with Crippen LogP contribution in [0.2, 0.25) is 0 Å². The fourth-order valence-corrected chi connectivity index (χ4v) is 1.66. The average Bonchev–Trinajstić information content (AvgIpc) is 2.89. The van der Waals surface area contributed by atoms with Crippen LogP contribution in [0.4, 0.5) is 0 Å². The van der Waals surface area contributed by atoms with Gasteiger partial charge in [0.2, 0.25) is 0 Å². The lowest BCUT2D eigenvalue weighted by Crippen LogP contribution is -2.35. The Bertz CT molecular complexity index is 467. The summed E-state index contributed by atoms with van der Waals surface area (Å²) in [6.07, 6.45) is 2.43. The highest BCUT2D eigenvalue weighted by molar-refractivity contribution is 5.92. The first-order valence-corrected chi connectivity index (χ1v) is 5.83. The van der Waals surface area contributed by atoms with E-state index in [0.29, 0.717) is 25.5 Å². The second-order valence-electron chi connectivity index (χ2n) is 3.97. The summed E-state index contributed by atoms with van der Waals surface area (Å²) in [6.45, 7) is 1.59. The Morgan fingerprint density at radius 1 is 1.61 bits per heavy atom. The van der Waals surface area contributed by atoms with Gasteiger partial charge in [0, 0.05) is 18.4 Å². The van der Waals surface area contributed by atoms with Crippen molar-refractivity contribution in [3.63, 3.8) is 0 Å². The maximum atomic E-state index is 11.8. The highest BCUT2D eigenvalue weighted by atomic mass is 16.5. The fraction of sp³-hybridized carbons (Fsp3) is 0.385. The summed E-state index contributed by atoms with van der Waals surface area (Å²) in [5, 5.41) is 2.88. The molecule has 5 heteroatoms. The Kier molecular flexibility index (Phi) is 4.29. The van der Waals surface area contributed by atoms with Gasteiger partial charge in [0.05, 0.1) is 19.2 Å². The van der Waals surface area contributed by atoms with Crippen LogP contribution in [0.25, 0.3) is 0 Å². The second kappa shape index (κ2) is 6.15. The summed E-state index contributed by atoms with van der Waals surface area (Å²) in [7, 11) is 0. The molecule has 1 fully saturated rings. The van der Waals surface area contributed by atoms with Gasteiger partial charge in [0.25, 0.3) is 5.91 Å². The minimum Gasteiger partial charge on any atom is -0.379 e. The predicted octanol–water partition coefficient (Wildman–Crippen LogP) is -0.0895. The van der Waals surface area contributed by atoms with Crippen molar-refractivity contribution in [2.24, 2.45) is 5.73 Å². The predicted molar refractivity (Wildman–Crippen MR) is 66.9 cm³/mol. The summed E-state index contributed by atoms with van der Waals surface area (Å²) in [4.78, 5) is 15.9. The fourth-order valence-electron chi connectivity index (χ4n) is 1.66. The summed E-state index contributed by atoms with van der Waals surface area (Å²) in [5.74, 6) is 5.41. The maximum Gasteiger partial charge on any atom is 0.270 e. The Balaban J connectivity index is 1.97. The lowest BCUT2D eigenvalue weighted by Gasteiger charge is -2.09. The van der Waals surface area contributed by atoms with Gasteiger partial charge in [-0.2, -0.15) is 0 Å². The molecule has 18 heavy (non-hydrogen) atoms. The molecule has 1 aliphatic rings. The van der Waals surface area contributed by atoms with Crippen LogP contribution in [-0.2, 0) is 4.74 Å². The minimum atomic E-state index is -0.177. The normalized spacial score (nSPS) is 17.9. The van der Waals surface area contributed by atoms with Crippen molar-refractivity contribution in [1.29, 1.82) is 0 Å². The molecular formula is C13H15N3O2. The van der Waals surface area contributed by atoms with Gasteiger partial charge >= 0.3 is 0 Å². The van der Waals surface area contributed by atoms with E-state index in [0.717, 1.165) is 12.0 Å². The van der Waals surface area contributed by atoms with E-state index in [2.05, 4.69) is 22.1 Å². The van der Waals surface area contributed by atoms with E-state index in [1.54, 1.807) is 18.3 Å². The van der Waals surface area contributed by atoms with Gasteiger partial charge in [0.1, 0.15) is 5.69 Å². The molecule has 0 radical (unpaired) electrons. The van der Waals surface area contributed by atoms with Gasteiger partial charge in [-0.15, -0.1) is 0 Å². The number of carbonyl (C=O) groups is 1. The van der Waals surface area contributed by atoms with Crippen molar-refractivity contribution in [2.45, 2.75) is 12.5 Å². The minimum absolute atomic E-state index is 0.0935. The van der Waals surface area contributed by atoms with Gasteiger partial charge < -0.3 is 15.8 Å². The molecule has 2 heterocycles. The highest BCUT2D eigenvalue weighted by Gasteiger charge is 2.18. The molecule has 1 aromatic rings. The van der Waals surface area contributed by atoms with Gasteiger partial charge in [-0.1, -0.05) is 11.8 Å². The third-order valence-electron chi connectivity index (χ3n) is 2.60. The largest absolute Gasteiger partial charge is 0.379 e. The molecule has 3 N–H and O–H groups in total. The van der Waals surface area contributed by atoms with E-state index in [1.165, 1.54) is 0 Å². The summed E-state index contributed by atoms with van der Waals surface area (Å²) < 4.78 is 5.19. The summed E-state index contributed by atoms with van der Waals surface area (Å²) >= 11 is 0. The molecular weight excluding hydrogens is 230 g/mol. The third-order valence-corrected chi connectivity index (χ3v) is 2.60. The molecule has 1 amide bonds. The average molecular weight is 245 g/mol. The number of amides is 1. The molecule has 0 bridgehead atoms. The van der Waals surface area contributed by atoms with Crippen LogP contribution in [0.3, 0.4) is 0 Å². The Labute approximate surface area is 106 Å². The Morgan fingerprint density at radius 3 is 3.11 bits per heavy atom. The number of hydrogen-bond acceptors (Lipinski definition) is 4. The second-order valence-corrected chi connectivity index (χ2v) is 3.97. The van der Waals surface area contributed by atoms with Crippen LogP contribution < -0.4 is 11.1 Å². The first-order chi connectivity index (χ1) is 8.79. The van der Waals surface area contributed by atoms with Crippen molar-refractivity contribution >= 4 is 5.91 Å². The van der Waals surface area contributed by atoms with Crippen molar-refractivity contribution in [1.82, 2.24) is 10.3 Å². The van der Waals surface area contributed by atoms with Crippen molar-refractivity contribution in [2.75, 3.05) is 19.8 Å². The Hall–Kier alpha value is -1.90. The van der Waals surface area contributed by atoms with Crippen LogP contribution in [0.5, 0.6) is 0 Å². The van der Waals surface area contributed by atoms with E-state index in [-0.39, 0.29) is 11.9 Å². The monoisotopic (exact) mass is 245 g/mol. The molecule has 0 aromatic carbocycles. The van der Waals surface area contributed by atoms with Crippen LogP contribution in [0, 0.1) is 11.8 Å². The van der Waals surface area contributed by atoms with Crippen LogP contribution in [0.15, 0.2) is 18.3 Å². The number of nitrogens with one attached hydrogen (secondary N) is 1. The van der Waals surface area contributed by atoms with Gasteiger partial charge in [0.15, 0.2) is 0 Å². The SMILES string of the molecule is NCC#Cc1ccc(C(=O)NC2CCOC2)nc1. The zero-order valence-electron chi connectivity index (χ0n) is 9.98. The number of hydrogen-bond donors (Lipinski definition) is 2. The standard InChI is InChI=1S/C13H15N3O2/c14-6-1-2-10-3-4-12(15-8-10)13(17)16-11-5-7-18-9-11/h3-4,8,11H,5-7,9,14H2,(H,16,17). The topological polar surface area (TPSA) is 77.2 Å². The van der Waals surface area contributed by atoms with E-state index in [1.807, 2.05) is 0 Å². The van der Waals surface area contributed by atoms with E-state index < -0.39 is 0 Å². The molecule has 2 rings (SSSR count). The van der Waals surface area contributed by atoms with Crippen LogP contribution >= 0.6 is 0 Å². The summed E-state index contributed by atoms with van der Waals surface area (Å²) in [6, 6.07) is 3.51. The molecule has 0 saturated carbocycles. The summed E-state index contributed by atoms with van der Waals surface area (Å²) in [5.41, 5.74) is 6.42. The number of nitrogens with two attached hydrogens (primary N) is 1. The number of rotatable bonds is 2. The molecule has 0 spiro atoms. The van der Waals surface area contributed by atoms with Crippen LogP contribution in [0.1, 0.15) is 22.5 Å². The Morgan fingerprint density at radius 2 is 2.50 bits per heavy atom. The smallest absolute Gasteiger partial charge is 0.270 e. The van der Waals surface area contributed by atoms with E-state index >= 15 is 0 Å². The number of nitrogens with zero attached hydrogens (tertiary/aromatic N) is 1. The first-order valence-electron chi connectivity index (χ1n) is 5.83. The zero-order chi connectivity index (χ0) is 12.8. The lowest BCUT2D eigenvalue weighted by atomic mass is 10.2. The molecule has 94 valence electrons. The number of ether oxygens (including phenoxy) is 1. The number of pyridine rings is 1. The van der Waals surface area contributed by atoms with Gasteiger partial charge in [-0.3, -0.25) is 4.79 Å². The first kappa shape index (κ1) is 12.6. The molecule has 1 aromatic heterocycles. The molecule has 1 saturated heterocycles. The molecule has 5 nitrogen and oxygen atoms in total. The van der Waals surface area contributed by atoms with Gasteiger partial charge in [-0.05, 0) is 18.6 Å². The molecule has 1 atom stereocenters. The van der Waals surface area contributed by atoms with Crippen molar-refractivity contribution in [3.05, 3.63) is 29.6 Å². The molecule has 0 aliphatic carbocycles. The maximum absolute atomic E-state index is 11.8. The van der Waals surface area contributed by atoms with Crippen LogP contribution in [-0.4, -0.2) is 36.7 Å². The van der Waals surface area contributed by atoms with Gasteiger partial charge in [-0.25, -0.2) is 4.98 Å². The van der Waals surface area contributed by atoms with Crippen molar-refractivity contribution < 1.29 is 9.53 Å². The number of carbonyl (C=O) groups excluding carboxylic acids is 1. The van der Waals surface area contributed by atoms with E-state index in [9.17, 15) is 4.79 Å². The molecule has 1 unspecified atom stereocenters.